The number of non-ortho nitro benzene ring substituents is 1. The summed E-state index contributed by atoms with van der Waals surface area (Å²) in [6, 6.07) is 21.7. The molecule has 1 aliphatic rings. The molecule has 0 fully saturated rings. The van der Waals surface area contributed by atoms with E-state index in [1.54, 1.807) is 41.0 Å². The van der Waals surface area contributed by atoms with Gasteiger partial charge in [-0.15, -0.1) is 21.5 Å². The van der Waals surface area contributed by atoms with Gasteiger partial charge >= 0.3 is 0 Å². The lowest BCUT2D eigenvalue weighted by molar-refractivity contribution is -0.384. The van der Waals surface area contributed by atoms with Gasteiger partial charge in [-0.2, -0.15) is 5.10 Å². The van der Waals surface area contributed by atoms with Gasteiger partial charge in [-0.05, 0) is 59.5 Å². The van der Waals surface area contributed by atoms with Crippen molar-refractivity contribution in [2.75, 3.05) is 5.75 Å². The normalized spacial score (nSPS) is 14.3. The van der Waals surface area contributed by atoms with E-state index >= 15 is 0 Å². The Kier molecular flexibility index (Phi) is 9.19. The highest BCUT2D eigenvalue weighted by molar-refractivity contribution is 7.99. The highest BCUT2D eigenvalue weighted by atomic mass is 35.5. The Morgan fingerprint density at radius 2 is 1.85 bits per heavy atom. The summed E-state index contributed by atoms with van der Waals surface area (Å²) in [5.74, 6) is -0.766. The smallest absolute Gasteiger partial charge is 0.269 e. The molecule has 232 valence electrons. The van der Waals surface area contributed by atoms with Crippen LogP contribution in [0.3, 0.4) is 0 Å². The summed E-state index contributed by atoms with van der Waals surface area (Å²) < 4.78 is 15.4. The number of halogens is 2. The van der Waals surface area contributed by atoms with Crippen LogP contribution in [-0.2, 0) is 11.3 Å². The Morgan fingerprint density at radius 3 is 2.54 bits per heavy atom. The number of carbonyl (C=O) groups is 2. The van der Waals surface area contributed by atoms with Crippen molar-refractivity contribution in [1.29, 1.82) is 0 Å². The number of nitro groups is 1. The number of carbonyl (C=O) groups excluding carboxylic acids is 2. The summed E-state index contributed by atoms with van der Waals surface area (Å²) in [7, 11) is 0. The second kappa shape index (κ2) is 13.6. The number of aromatic nitrogens is 3. The third-order valence-electron chi connectivity index (χ3n) is 7.07. The number of nitro benzene ring substituents is 1. The van der Waals surface area contributed by atoms with Gasteiger partial charge in [0.2, 0.25) is 0 Å². The van der Waals surface area contributed by atoms with Crippen molar-refractivity contribution in [3.63, 3.8) is 0 Å². The molecule has 0 radical (unpaired) electrons. The van der Waals surface area contributed by atoms with Crippen LogP contribution in [0.2, 0.25) is 5.02 Å². The quantitative estimate of drug-likeness (QED) is 0.102. The van der Waals surface area contributed by atoms with E-state index in [2.05, 4.69) is 20.6 Å². The predicted octanol–water partition coefficient (Wildman–Crippen LogP) is 6.43. The number of amides is 2. The minimum absolute atomic E-state index is 0.0307. The zero-order valence-electron chi connectivity index (χ0n) is 23.7. The average molecular weight is 676 g/mol. The van der Waals surface area contributed by atoms with Crippen LogP contribution >= 0.6 is 34.7 Å². The molecule has 2 amide bonds. The van der Waals surface area contributed by atoms with Gasteiger partial charge < -0.3 is 5.32 Å². The summed E-state index contributed by atoms with van der Waals surface area (Å²) in [5.41, 5.74) is 2.28. The van der Waals surface area contributed by atoms with Crippen LogP contribution in [0.25, 0.3) is 5.69 Å². The number of nitrogens with zero attached hydrogens (tertiary/aromatic N) is 6. The number of thiophene rings is 1. The zero-order chi connectivity index (χ0) is 32.2. The molecule has 0 spiro atoms. The van der Waals surface area contributed by atoms with Crippen molar-refractivity contribution in [1.82, 2.24) is 25.1 Å². The van der Waals surface area contributed by atoms with Crippen molar-refractivity contribution >= 4 is 57.9 Å². The molecule has 1 aliphatic heterocycles. The standard InChI is InChI=1S/C31H23ClFN7O4S2/c32-21-3-1-4-24(15-21)38-28(17-34-30(42)20-8-12-23(13-9-20)40(43)44)35-36-31(38)46-18-29(41)39-26(19-6-10-22(33)11-7-19)16-25(37-39)27-5-2-14-45-27/h1-15,26H,16-18H2,(H,34,42). The highest BCUT2D eigenvalue weighted by Crippen LogP contribution is 2.35. The van der Waals surface area contributed by atoms with E-state index in [0.29, 0.717) is 28.1 Å². The molecule has 1 N–H and O–H groups in total. The third-order valence-corrected chi connectivity index (χ3v) is 9.13. The fourth-order valence-electron chi connectivity index (χ4n) is 4.85. The molecule has 46 heavy (non-hydrogen) atoms. The molecule has 3 aromatic carbocycles. The van der Waals surface area contributed by atoms with Crippen LogP contribution in [0, 0.1) is 15.9 Å². The molecule has 15 heteroatoms. The first-order chi connectivity index (χ1) is 22.3. The van der Waals surface area contributed by atoms with Gasteiger partial charge in [-0.3, -0.25) is 24.3 Å². The number of hydrogen-bond donors (Lipinski definition) is 1. The number of benzene rings is 3. The molecule has 1 atom stereocenters. The van der Waals surface area contributed by atoms with E-state index in [9.17, 15) is 24.1 Å². The van der Waals surface area contributed by atoms with Gasteiger partial charge in [-0.25, -0.2) is 9.40 Å². The van der Waals surface area contributed by atoms with Crippen molar-refractivity contribution in [2.24, 2.45) is 5.10 Å². The Hall–Kier alpha value is -4.92. The number of rotatable bonds is 10. The van der Waals surface area contributed by atoms with Crippen LogP contribution in [0.5, 0.6) is 0 Å². The first-order valence-electron chi connectivity index (χ1n) is 13.8. The SMILES string of the molecule is O=C(NCc1nnc(SCC(=O)N2N=C(c3cccs3)CC2c2ccc(F)cc2)n1-c1cccc(Cl)c1)c1ccc([N+](=O)[O-])cc1. The van der Waals surface area contributed by atoms with Crippen LogP contribution < -0.4 is 5.32 Å². The van der Waals surface area contributed by atoms with Crippen molar-refractivity contribution in [3.8, 4) is 5.69 Å². The Labute approximate surface area is 274 Å². The monoisotopic (exact) mass is 675 g/mol. The fourth-order valence-corrected chi connectivity index (χ4v) is 6.58. The maximum atomic E-state index is 13.7. The van der Waals surface area contributed by atoms with Crippen LogP contribution in [0.15, 0.2) is 101 Å². The Morgan fingerprint density at radius 1 is 1.07 bits per heavy atom. The molecule has 0 saturated heterocycles. The second-order valence-electron chi connectivity index (χ2n) is 10.0. The molecule has 5 aromatic rings. The molecule has 2 aromatic heterocycles. The molecule has 3 heterocycles. The molecule has 6 rings (SSSR count). The number of hydrazone groups is 1. The number of hydrogen-bond acceptors (Lipinski definition) is 9. The molecular weight excluding hydrogens is 653 g/mol. The molecule has 0 bridgehead atoms. The van der Waals surface area contributed by atoms with Crippen LogP contribution in [-0.4, -0.2) is 48.0 Å². The molecule has 1 unspecified atom stereocenters. The van der Waals surface area contributed by atoms with E-state index in [1.807, 2.05) is 17.5 Å². The van der Waals surface area contributed by atoms with Gasteiger partial charge in [0.25, 0.3) is 17.5 Å². The third kappa shape index (κ3) is 6.83. The topological polar surface area (TPSA) is 136 Å². The summed E-state index contributed by atoms with van der Waals surface area (Å²) in [6.45, 7) is -0.0307. The summed E-state index contributed by atoms with van der Waals surface area (Å²) in [5, 5.41) is 31.2. The lowest BCUT2D eigenvalue weighted by atomic mass is 10.0. The number of thioether (sulfide) groups is 1. The molecule has 0 saturated carbocycles. The van der Waals surface area contributed by atoms with E-state index in [1.165, 1.54) is 52.7 Å². The fraction of sp³-hybridized carbons (Fsp3) is 0.129. The summed E-state index contributed by atoms with van der Waals surface area (Å²) >= 11 is 8.97. The largest absolute Gasteiger partial charge is 0.345 e. The first-order valence-corrected chi connectivity index (χ1v) is 16.1. The summed E-state index contributed by atoms with van der Waals surface area (Å²) in [6.07, 6.45) is 0.486. The minimum Gasteiger partial charge on any atom is -0.345 e. The van der Waals surface area contributed by atoms with Gasteiger partial charge in [-0.1, -0.05) is 47.6 Å². The van der Waals surface area contributed by atoms with E-state index in [0.717, 1.165) is 27.9 Å². The van der Waals surface area contributed by atoms with Crippen molar-refractivity contribution in [3.05, 3.63) is 133 Å². The average Bonchev–Trinajstić information content (AvgIpc) is 3.83. The maximum absolute atomic E-state index is 13.7. The first kappa shape index (κ1) is 31.1. The van der Waals surface area contributed by atoms with Gasteiger partial charge in [0.05, 0.1) is 39.5 Å². The van der Waals surface area contributed by atoms with Gasteiger partial charge in [0.1, 0.15) is 5.82 Å². The zero-order valence-corrected chi connectivity index (χ0v) is 26.1. The van der Waals surface area contributed by atoms with E-state index in [-0.39, 0.29) is 35.3 Å². The number of nitrogens with one attached hydrogen (secondary N) is 1. The van der Waals surface area contributed by atoms with Crippen molar-refractivity contribution in [2.45, 2.75) is 24.2 Å². The van der Waals surface area contributed by atoms with Gasteiger partial charge in [0.15, 0.2) is 11.0 Å². The van der Waals surface area contributed by atoms with Crippen molar-refractivity contribution < 1.29 is 18.9 Å². The van der Waals surface area contributed by atoms with Crippen LogP contribution in [0.4, 0.5) is 10.1 Å². The molecule has 0 aliphatic carbocycles. The minimum atomic E-state index is -0.541. The molecule has 11 nitrogen and oxygen atoms in total. The Balaban J connectivity index is 1.22. The molecular formula is C31H23ClFN7O4S2. The maximum Gasteiger partial charge on any atom is 0.269 e. The summed E-state index contributed by atoms with van der Waals surface area (Å²) in [4.78, 5) is 37.8. The predicted molar refractivity (Wildman–Crippen MR) is 173 cm³/mol. The lowest BCUT2D eigenvalue weighted by Crippen LogP contribution is -2.28. The van der Waals surface area contributed by atoms with E-state index < -0.39 is 16.9 Å². The van der Waals surface area contributed by atoms with Crippen LogP contribution in [0.1, 0.15) is 39.1 Å². The highest BCUT2D eigenvalue weighted by Gasteiger charge is 2.33. The Bertz CT molecular complexity index is 1930. The van der Waals surface area contributed by atoms with E-state index in [4.69, 9.17) is 11.6 Å². The lowest BCUT2D eigenvalue weighted by Gasteiger charge is -2.22. The van der Waals surface area contributed by atoms with Gasteiger partial charge in [0, 0.05) is 29.1 Å². The second-order valence-corrected chi connectivity index (χ2v) is 12.3.